The number of rotatable bonds is 27. The molecule has 32 heavy (non-hydrogen) atoms. The number of ether oxygens (including phenoxy) is 9. The molecule has 0 unspecified atom stereocenters. The van der Waals surface area contributed by atoms with Gasteiger partial charge >= 0.3 is 5.97 Å². The topological polar surface area (TPSA) is 120 Å². The molecule has 0 radical (unpaired) electrons. The van der Waals surface area contributed by atoms with Crippen LogP contribution >= 0.6 is 0 Å². The van der Waals surface area contributed by atoms with Gasteiger partial charge in [0.15, 0.2) is 0 Å². The molecule has 0 spiro atoms. The zero-order valence-electron chi connectivity index (χ0n) is 18.8. The Balaban J connectivity index is 3.01. The fraction of sp³-hybridized carbons (Fsp3) is 0.857. The van der Waals surface area contributed by atoms with Crippen molar-refractivity contribution in [3.05, 3.63) is 0 Å². The fourth-order valence-electron chi connectivity index (χ4n) is 1.95. The summed E-state index contributed by atoms with van der Waals surface area (Å²) in [7, 11) is 0. The number of hydrogen-bond donors (Lipinski definition) is 1. The fourth-order valence-corrected chi connectivity index (χ4v) is 1.95. The first kappa shape index (κ1) is 30.7. The van der Waals surface area contributed by atoms with Crippen LogP contribution in [0.1, 0.15) is 0 Å². The van der Waals surface area contributed by atoms with Crippen LogP contribution < -0.4 is 0 Å². The van der Waals surface area contributed by atoms with Crippen molar-refractivity contribution in [1.29, 1.82) is 0 Å². The number of carboxylic acids is 1. The molecular weight excluding hydrogens is 428 g/mol. The van der Waals surface area contributed by atoms with Crippen LogP contribution in [0.5, 0.6) is 0 Å². The quantitative estimate of drug-likeness (QED) is 0.129. The van der Waals surface area contributed by atoms with E-state index in [1.807, 2.05) is 0 Å². The normalized spacial score (nSPS) is 11.0. The molecule has 11 heteroatoms. The SMILES string of the molecule is C#CCOCCOCCOCCOCCOCCOCCOCCOCCOCC(=O)O. The molecule has 0 amide bonds. The number of terminal acetylenes is 1. The van der Waals surface area contributed by atoms with Gasteiger partial charge in [0, 0.05) is 0 Å². The maximum absolute atomic E-state index is 10.2. The van der Waals surface area contributed by atoms with Crippen molar-refractivity contribution in [2.24, 2.45) is 0 Å². The summed E-state index contributed by atoms with van der Waals surface area (Å²) >= 11 is 0. The summed E-state index contributed by atoms with van der Waals surface area (Å²) in [5, 5.41) is 8.38. The molecule has 0 aliphatic rings. The van der Waals surface area contributed by atoms with Gasteiger partial charge in [0.05, 0.1) is 106 Å². The summed E-state index contributed by atoms with van der Waals surface area (Å²) in [5.74, 6) is 1.39. The monoisotopic (exact) mass is 466 g/mol. The summed E-state index contributed by atoms with van der Waals surface area (Å²) in [5.41, 5.74) is 0. The molecule has 0 aromatic heterocycles. The second-order valence-electron chi connectivity index (χ2n) is 5.99. The molecule has 0 saturated heterocycles. The zero-order valence-corrected chi connectivity index (χ0v) is 18.8. The van der Waals surface area contributed by atoms with E-state index in [9.17, 15) is 4.79 Å². The molecule has 0 atom stereocenters. The van der Waals surface area contributed by atoms with E-state index < -0.39 is 5.97 Å². The van der Waals surface area contributed by atoms with Gasteiger partial charge in [0.1, 0.15) is 13.2 Å². The number of hydrogen-bond acceptors (Lipinski definition) is 10. The van der Waals surface area contributed by atoms with E-state index in [0.717, 1.165) is 0 Å². The highest BCUT2D eigenvalue weighted by Crippen LogP contribution is 1.86. The summed E-state index contributed by atoms with van der Waals surface area (Å²) in [6.07, 6.45) is 5.05. The maximum atomic E-state index is 10.2. The maximum Gasteiger partial charge on any atom is 0.329 e. The second kappa shape index (κ2) is 27.7. The van der Waals surface area contributed by atoms with E-state index in [1.54, 1.807) is 0 Å². The van der Waals surface area contributed by atoms with Gasteiger partial charge in [-0.3, -0.25) is 0 Å². The van der Waals surface area contributed by atoms with Gasteiger partial charge in [-0.2, -0.15) is 0 Å². The molecule has 11 nitrogen and oxygen atoms in total. The van der Waals surface area contributed by atoms with Gasteiger partial charge in [-0.05, 0) is 0 Å². The van der Waals surface area contributed by atoms with E-state index in [-0.39, 0.29) is 13.2 Å². The molecule has 0 saturated carbocycles. The van der Waals surface area contributed by atoms with E-state index >= 15 is 0 Å². The van der Waals surface area contributed by atoms with Crippen molar-refractivity contribution in [3.8, 4) is 12.3 Å². The van der Waals surface area contributed by atoms with Crippen LogP contribution in [0.2, 0.25) is 0 Å². The van der Waals surface area contributed by atoms with Crippen LogP contribution in [0.25, 0.3) is 0 Å². The molecule has 0 aliphatic heterocycles. The van der Waals surface area contributed by atoms with E-state index in [2.05, 4.69) is 5.92 Å². The highest BCUT2D eigenvalue weighted by Gasteiger charge is 1.97. The average Bonchev–Trinajstić information content (AvgIpc) is 2.78. The van der Waals surface area contributed by atoms with Crippen LogP contribution in [0.4, 0.5) is 0 Å². The lowest BCUT2D eigenvalue weighted by molar-refractivity contribution is -0.142. The third-order valence-electron chi connectivity index (χ3n) is 3.39. The van der Waals surface area contributed by atoms with Crippen molar-refractivity contribution >= 4 is 5.97 Å². The van der Waals surface area contributed by atoms with E-state index in [1.165, 1.54) is 0 Å². The lowest BCUT2D eigenvalue weighted by Crippen LogP contribution is -2.15. The van der Waals surface area contributed by atoms with Gasteiger partial charge < -0.3 is 47.7 Å². The van der Waals surface area contributed by atoms with Crippen LogP contribution in [-0.4, -0.2) is 130 Å². The summed E-state index contributed by atoms with van der Waals surface area (Å²) in [6, 6.07) is 0. The third kappa shape index (κ3) is 28.7. The summed E-state index contributed by atoms with van der Waals surface area (Å²) in [4.78, 5) is 10.2. The molecule has 188 valence electrons. The first-order valence-corrected chi connectivity index (χ1v) is 10.6. The number of carbonyl (C=O) groups is 1. The van der Waals surface area contributed by atoms with Crippen molar-refractivity contribution in [1.82, 2.24) is 0 Å². The molecule has 0 aromatic carbocycles. The summed E-state index contributed by atoms with van der Waals surface area (Å²) < 4.78 is 47.3. The molecule has 0 fully saturated rings. The van der Waals surface area contributed by atoms with Gasteiger partial charge in [0.2, 0.25) is 0 Å². The summed E-state index contributed by atoms with van der Waals surface area (Å²) in [6.45, 7) is 7.33. The van der Waals surface area contributed by atoms with Crippen LogP contribution in [-0.2, 0) is 47.4 Å². The third-order valence-corrected chi connectivity index (χ3v) is 3.39. The Bertz CT molecular complexity index is 428. The highest BCUT2D eigenvalue weighted by atomic mass is 16.6. The molecule has 0 bridgehead atoms. The molecule has 0 rings (SSSR count). The van der Waals surface area contributed by atoms with Crippen molar-refractivity contribution in [3.63, 3.8) is 0 Å². The molecule has 0 aliphatic carbocycles. The number of aliphatic carboxylic acids is 1. The predicted molar refractivity (Wildman–Crippen MR) is 114 cm³/mol. The minimum Gasteiger partial charge on any atom is -0.480 e. The van der Waals surface area contributed by atoms with Crippen LogP contribution in [0.15, 0.2) is 0 Å². The van der Waals surface area contributed by atoms with Crippen molar-refractivity contribution in [2.75, 3.05) is 119 Å². The largest absolute Gasteiger partial charge is 0.480 e. The van der Waals surface area contributed by atoms with Gasteiger partial charge in [-0.1, -0.05) is 5.92 Å². The van der Waals surface area contributed by atoms with Crippen LogP contribution in [0.3, 0.4) is 0 Å². The lowest BCUT2D eigenvalue weighted by atomic mass is 10.6. The van der Waals surface area contributed by atoms with Gasteiger partial charge in [0.25, 0.3) is 0 Å². The first-order chi connectivity index (χ1) is 15.8. The Morgan fingerprint density at radius 1 is 0.500 bits per heavy atom. The average molecular weight is 467 g/mol. The van der Waals surface area contributed by atoms with Crippen molar-refractivity contribution in [2.45, 2.75) is 0 Å². The zero-order chi connectivity index (χ0) is 23.4. The van der Waals surface area contributed by atoms with E-state index in [4.69, 9.17) is 54.2 Å². The molecule has 0 heterocycles. The van der Waals surface area contributed by atoms with Gasteiger partial charge in [-0.15, -0.1) is 6.42 Å². The second-order valence-corrected chi connectivity index (χ2v) is 5.99. The lowest BCUT2D eigenvalue weighted by Gasteiger charge is -2.08. The standard InChI is InChI=1S/C21H38O11/c1-2-3-24-4-5-25-6-7-26-8-9-27-10-11-28-12-13-29-14-15-30-16-17-31-18-19-32-20-21(22)23/h1H,3-20H2,(H,22,23). The molecule has 1 N–H and O–H groups in total. The minimum atomic E-state index is -0.994. The van der Waals surface area contributed by atoms with Crippen LogP contribution in [0, 0.1) is 12.3 Å². The Hall–Kier alpha value is -1.33. The predicted octanol–water partition coefficient (Wildman–Crippen LogP) is -0.146. The first-order valence-electron chi connectivity index (χ1n) is 10.6. The smallest absolute Gasteiger partial charge is 0.329 e. The Kier molecular flexibility index (Phi) is 26.6. The molecular formula is C21H38O11. The van der Waals surface area contributed by atoms with Crippen molar-refractivity contribution < 1.29 is 52.5 Å². The highest BCUT2D eigenvalue weighted by molar-refractivity contribution is 5.67. The minimum absolute atomic E-state index is 0.245. The van der Waals surface area contributed by atoms with E-state index in [0.29, 0.717) is 106 Å². The Labute approximate surface area is 190 Å². The number of carboxylic acid groups (broad SMARTS) is 1. The Morgan fingerprint density at radius 2 is 0.750 bits per heavy atom. The van der Waals surface area contributed by atoms with Gasteiger partial charge in [-0.25, -0.2) is 4.79 Å². The molecule has 0 aromatic rings. The Morgan fingerprint density at radius 3 is 1.00 bits per heavy atom.